The fourth-order valence-corrected chi connectivity index (χ4v) is 1.80. The fourth-order valence-electron chi connectivity index (χ4n) is 1.65. The van der Waals surface area contributed by atoms with E-state index >= 15 is 0 Å². The molecule has 0 bridgehead atoms. The average Bonchev–Trinajstić information content (AvgIpc) is 2.63. The molecule has 1 N–H and O–H groups in total. The molecule has 0 saturated carbocycles. The van der Waals surface area contributed by atoms with Crippen LogP contribution in [0, 0.1) is 5.92 Å². The van der Waals surface area contributed by atoms with Gasteiger partial charge in [0.15, 0.2) is 0 Å². The molecule has 5 heteroatoms. The van der Waals surface area contributed by atoms with Crippen LogP contribution in [0.1, 0.15) is 19.8 Å². The maximum absolute atomic E-state index is 11.7. The van der Waals surface area contributed by atoms with Crippen LogP contribution < -0.4 is 0 Å². The number of thiol groups is 1. The zero-order valence-electron chi connectivity index (χ0n) is 8.14. The van der Waals surface area contributed by atoms with E-state index in [2.05, 4.69) is 12.6 Å². The number of rotatable bonds is 3. The van der Waals surface area contributed by atoms with Crippen molar-refractivity contribution in [3.63, 3.8) is 0 Å². The van der Waals surface area contributed by atoms with Gasteiger partial charge in [-0.25, -0.2) is 4.79 Å². The molecule has 1 saturated heterocycles. The molecule has 4 nitrogen and oxygen atoms in total. The number of amides is 1. The fraction of sp³-hybridized carbons (Fsp3) is 0.778. The quantitative estimate of drug-likeness (QED) is 0.682. The van der Waals surface area contributed by atoms with E-state index in [0.29, 0.717) is 18.7 Å². The first-order valence-corrected chi connectivity index (χ1v) is 5.35. The molecular weight excluding hydrogens is 202 g/mol. The first kappa shape index (κ1) is 11.4. The minimum absolute atomic E-state index is 0.0927. The number of likely N-dealkylation sites (tertiary alicyclic amines) is 1. The van der Waals surface area contributed by atoms with E-state index < -0.39 is 12.0 Å². The zero-order chi connectivity index (χ0) is 10.7. The second-order valence-corrected chi connectivity index (χ2v) is 3.98. The van der Waals surface area contributed by atoms with Crippen LogP contribution >= 0.6 is 12.6 Å². The van der Waals surface area contributed by atoms with Crippen molar-refractivity contribution in [2.75, 3.05) is 12.3 Å². The lowest BCUT2D eigenvalue weighted by Gasteiger charge is -2.24. The number of carboxylic acids is 1. The minimum Gasteiger partial charge on any atom is -0.480 e. The first-order chi connectivity index (χ1) is 6.57. The SMILES string of the molecule is C[C@@H](CS)C(=O)N1CCCC1C(=O)O. The van der Waals surface area contributed by atoms with Crippen LogP contribution in [0.15, 0.2) is 0 Å². The highest BCUT2D eigenvalue weighted by Crippen LogP contribution is 2.20. The molecule has 1 rings (SSSR count). The molecule has 1 heterocycles. The predicted octanol–water partition coefficient (Wildman–Crippen LogP) is 0.628. The number of carbonyl (C=O) groups is 2. The molecule has 0 spiro atoms. The van der Waals surface area contributed by atoms with Crippen LogP contribution in [0.3, 0.4) is 0 Å². The van der Waals surface area contributed by atoms with Crippen molar-refractivity contribution < 1.29 is 14.7 Å². The largest absolute Gasteiger partial charge is 0.480 e. The zero-order valence-corrected chi connectivity index (χ0v) is 9.04. The summed E-state index contributed by atoms with van der Waals surface area (Å²) in [5.41, 5.74) is 0. The summed E-state index contributed by atoms with van der Waals surface area (Å²) in [6.07, 6.45) is 1.35. The minimum atomic E-state index is -0.901. The molecule has 1 aliphatic rings. The monoisotopic (exact) mass is 217 g/mol. The van der Waals surface area contributed by atoms with Crippen molar-refractivity contribution in [3.05, 3.63) is 0 Å². The van der Waals surface area contributed by atoms with Crippen LogP contribution in [-0.4, -0.2) is 40.2 Å². The van der Waals surface area contributed by atoms with Crippen LogP contribution in [0.2, 0.25) is 0 Å². The van der Waals surface area contributed by atoms with E-state index in [-0.39, 0.29) is 11.8 Å². The summed E-state index contributed by atoms with van der Waals surface area (Å²) in [6, 6.07) is -0.621. The van der Waals surface area contributed by atoms with Gasteiger partial charge in [-0.15, -0.1) is 0 Å². The van der Waals surface area contributed by atoms with Gasteiger partial charge in [-0.1, -0.05) is 6.92 Å². The third-order valence-electron chi connectivity index (χ3n) is 2.52. The Balaban J connectivity index is 2.67. The van der Waals surface area contributed by atoms with Crippen LogP contribution in [0.25, 0.3) is 0 Å². The normalized spacial score (nSPS) is 23.6. The van der Waals surface area contributed by atoms with Crippen molar-refractivity contribution >= 4 is 24.5 Å². The lowest BCUT2D eigenvalue weighted by atomic mass is 10.1. The first-order valence-electron chi connectivity index (χ1n) is 4.72. The molecule has 80 valence electrons. The topological polar surface area (TPSA) is 57.6 Å². The highest BCUT2D eigenvalue weighted by atomic mass is 32.1. The van der Waals surface area contributed by atoms with Gasteiger partial charge in [-0.3, -0.25) is 4.79 Å². The van der Waals surface area contributed by atoms with Crippen LogP contribution in [0.5, 0.6) is 0 Å². The molecule has 14 heavy (non-hydrogen) atoms. The molecule has 0 aromatic carbocycles. The third-order valence-corrected chi connectivity index (χ3v) is 3.06. The molecule has 1 aliphatic heterocycles. The summed E-state index contributed by atoms with van der Waals surface area (Å²) in [5.74, 6) is -0.729. The summed E-state index contributed by atoms with van der Waals surface area (Å²) in [5, 5.41) is 8.87. The van der Waals surface area contributed by atoms with Gasteiger partial charge in [-0.2, -0.15) is 12.6 Å². The summed E-state index contributed by atoms with van der Waals surface area (Å²) in [4.78, 5) is 24.0. The maximum atomic E-state index is 11.7. The Bertz CT molecular complexity index is 244. The Hall–Kier alpha value is -0.710. The Kier molecular flexibility index (Phi) is 3.80. The highest BCUT2D eigenvalue weighted by Gasteiger charge is 2.35. The number of hydrogen-bond acceptors (Lipinski definition) is 3. The Morgan fingerprint density at radius 2 is 2.29 bits per heavy atom. The van der Waals surface area contributed by atoms with Gasteiger partial charge < -0.3 is 10.0 Å². The Labute approximate surface area is 88.7 Å². The molecule has 0 aromatic rings. The van der Waals surface area contributed by atoms with Gasteiger partial charge in [0.25, 0.3) is 0 Å². The molecule has 0 aromatic heterocycles. The predicted molar refractivity (Wildman–Crippen MR) is 55.4 cm³/mol. The van der Waals surface area contributed by atoms with Gasteiger partial charge in [0.1, 0.15) is 6.04 Å². The summed E-state index contributed by atoms with van der Waals surface area (Å²) in [6.45, 7) is 2.33. The van der Waals surface area contributed by atoms with Gasteiger partial charge in [0, 0.05) is 18.2 Å². The second-order valence-electron chi connectivity index (χ2n) is 3.61. The molecular formula is C9H15NO3S. The highest BCUT2D eigenvalue weighted by molar-refractivity contribution is 7.80. The molecule has 0 aliphatic carbocycles. The van der Waals surface area contributed by atoms with Crippen molar-refractivity contribution in [3.8, 4) is 0 Å². The van der Waals surface area contributed by atoms with Crippen LogP contribution in [0.4, 0.5) is 0 Å². The summed E-state index contributed by atoms with van der Waals surface area (Å²) in [7, 11) is 0. The number of aliphatic carboxylic acids is 1. The summed E-state index contributed by atoms with van der Waals surface area (Å²) >= 11 is 4.03. The van der Waals surface area contributed by atoms with E-state index in [1.54, 1.807) is 6.92 Å². The van der Waals surface area contributed by atoms with Crippen molar-refractivity contribution in [2.24, 2.45) is 5.92 Å². The molecule has 1 fully saturated rings. The standard InChI is InChI=1S/C9H15NO3S/c1-6(5-14)8(11)10-4-2-3-7(10)9(12)13/h6-7,14H,2-5H2,1H3,(H,12,13)/t6-,7?/m0/s1. The van der Waals surface area contributed by atoms with Crippen molar-refractivity contribution in [1.82, 2.24) is 4.90 Å². The van der Waals surface area contributed by atoms with Gasteiger partial charge in [0.05, 0.1) is 0 Å². The number of carbonyl (C=O) groups excluding carboxylic acids is 1. The van der Waals surface area contributed by atoms with E-state index in [4.69, 9.17) is 5.11 Å². The number of carboxylic acid groups (broad SMARTS) is 1. The number of nitrogens with zero attached hydrogens (tertiary/aromatic N) is 1. The van der Waals surface area contributed by atoms with Crippen molar-refractivity contribution in [1.29, 1.82) is 0 Å². The lowest BCUT2D eigenvalue weighted by Crippen LogP contribution is -2.43. The number of hydrogen-bond donors (Lipinski definition) is 2. The molecule has 0 radical (unpaired) electrons. The average molecular weight is 217 g/mol. The van der Waals surface area contributed by atoms with Gasteiger partial charge in [-0.05, 0) is 12.8 Å². The molecule has 2 atom stereocenters. The Morgan fingerprint density at radius 1 is 1.64 bits per heavy atom. The molecule has 1 amide bonds. The maximum Gasteiger partial charge on any atom is 0.326 e. The van der Waals surface area contributed by atoms with Gasteiger partial charge >= 0.3 is 5.97 Å². The van der Waals surface area contributed by atoms with Crippen LogP contribution in [-0.2, 0) is 9.59 Å². The Morgan fingerprint density at radius 3 is 2.79 bits per heavy atom. The van der Waals surface area contributed by atoms with E-state index in [1.807, 2.05) is 0 Å². The van der Waals surface area contributed by atoms with Gasteiger partial charge in [0.2, 0.25) is 5.91 Å². The van der Waals surface area contributed by atoms with Crippen molar-refractivity contribution in [2.45, 2.75) is 25.8 Å². The lowest BCUT2D eigenvalue weighted by molar-refractivity contribution is -0.149. The molecule has 1 unspecified atom stereocenters. The van der Waals surface area contributed by atoms with E-state index in [0.717, 1.165) is 6.42 Å². The second kappa shape index (κ2) is 4.68. The third kappa shape index (κ3) is 2.20. The van der Waals surface area contributed by atoms with E-state index in [1.165, 1.54) is 4.90 Å². The smallest absolute Gasteiger partial charge is 0.326 e. The van der Waals surface area contributed by atoms with E-state index in [9.17, 15) is 9.59 Å². The summed E-state index contributed by atoms with van der Waals surface area (Å²) < 4.78 is 0.